The number of aliphatic imine (C=N–C) groups is 1. The van der Waals surface area contributed by atoms with Crippen LogP contribution in [0.3, 0.4) is 0 Å². The molecule has 170 valence electrons. The number of hydrogen-bond donors (Lipinski definition) is 2. The van der Waals surface area contributed by atoms with Crippen molar-refractivity contribution in [1.29, 1.82) is 0 Å². The normalized spacial score (nSPS) is 16.5. The number of morpholine rings is 1. The van der Waals surface area contributed by atoms with Crippen LogP contribution in [0.15, 0.2) is 41.5 Å². The number of guanidine groups is 1. The van der Waals surface area contributed by atoms with E-state index in [0.29, 0.717) is 19.7 Å². The molecule has 31 heavy (non-hydrogen) atoms. The number of nitrogens with one attached hydrogen (secondary N) is 2. The van der Waals surface area contributed by atoms with E-state index in [2.05, 4.69) is 69.7 Å². The number of halogens is 1. The minimum absolute atomic E-state index is 0. The molecule has 8 heteroatoms. The number of pyridine rings is 1. The highest BCUT2D eigenvalue weighted by Gasteiger charge is 2.17. The van der Waals surface area contributed by atoms with Gasteiger partial charge in [0.25, 0.3) is 0 Å². The van der Waals surface area contributed by atoms with Crippen molar-refractivity contribution in [2.75, 3.05) is 38.3 Å². The van der Waals surface area contributed by atoms with Gasteiger partial charge in [0.05, 0.1) is 19.3 Å². The van der Waals surface area contributed by atoms with E-state index < -0.39 is 0 Å². The van der Waals surface area contributed by atoms with Crippen molar-refractivity contribution in [1.82, 2.24) is 15.6 Å². The molecule has 0 spiro atoms. The average Bonchev–Trinajstić information content (AvgIpc) is 2.75. The molecule has 2 heterocycles. The van der Waals surface area contributed by atoms with E-state index >= 15 is 0 Å². The first-order valence-corrected chi connectivity index (χ1v) is 10.6. The van der Waals surface area contributed by atoms with Crippen LogP contribution >= 0.6 is 24.0 Å². The lowest BCUT2D eigenvalue weighted by Crippen LogP contribution is -2.41. The number of ether oxygens (including phenoxy) is 2. The summed E-state index contributed by atoms with van der Waals surface area (Å²) in [5.41, 5.74) is 3.40. The Morgan fingerprint density at radius 2 is 2.06 bits per heavy atom. The third-order valence-corrected chi connectivity index (χ3v) is 5.03. The number of aryl methyl sites for hydroxylation is 1. The molecule has 0 amide bonds. The topological polar surface area (TPSA) is 71.0 Å². The fourth-order valence-electron chi connectivity index (χ4n) is 3.42. The number of anilines is 1. The lowest BCUT2D eigenvalue weighted by atomic mass is 10.1. The van der Waals surface area contributed by atoms with Gasteiger partial charge in [-0.3, -0.25) is 4.99 Å². The van der Waals surface area contributed by atoms with Crippen LogP contribution in [0.25, 0.3) is 0 Å². The summed E-state index contributed by atoms with van der Waals surface area (Å²) < 4.78 is 11.4. The van der Waals surface area contributed by atoms with Crippen molar-refractivity contribution in [3.8, 4) is 5.75 Å². The Balaban J connectivity index is 0.00000341. The smallest absolute Gasteiger partial charge is 0.191 e. The van der Waals surface area contributed by atoms with Crippen LogP contribution in [0.4, 0.5) is 5.82 Å². The zero-order valence-electron chi connectivity index (χ0n) is 18.9. The Morgan fingerprint density at radius 3 is 2.74 bits per heavy atom. The summed E-state index contributed by atoms with van der Waals surface area (Å²) in [7, 11) is 1.77. The highest BCUT2D eigenvalue weighted by molar-refractivity contribution is 14.0. The van der Waals surface area contributed by atoms with Gasteiger partial charge in [-0.25, -0.2) is 4.98 Å². The standard InChI is InChI=1S/C23H33N5O2.HI/c1-5-29-21-12-17(2)6-8-20(21)15-27-23(24-4)26-14-19-7-9-22(25-13-19)28-10-11-30-18(3)16-28;/h6-9,12-13,18H,5,10-11,14-16H2,1-4H3,(H2,24,26,27);1H. The number of hydrogen-bond acceptors (Lipinski definition) is 5. The van der Waals surface area contributed by atoms with Gasteiger partial charge in [0, 0.05) is 45.0 Å². The van der Waals surface area contributed by atoms with Crippen LogP contribution in [0, 0.1) is 6.92 Å². The number of rotatable bonds is 7. The fourth-order valence-corrected chi connectivity index (χ4v) is 3.42. The molecular formula is C23H34IN5O2. The first-order valence-electron chi connectivity index (χ1n) is 10.6. The molecular weight excluding hydrogens is 505 g/mol. The molecule has 1 aromatic heterocycles. The molecule has 1 aromatic carbocycles. The number of nitrogens with zero attached hydrogens (tertiary/aromatic N) is 3. The molecule has 1 atom stereocenters. The van der Waals surface area contributed by atoms with Gasteiger partial charge in [-0.05, 0) is 44.0 Å². The van der Waals surface area contributed by atoms with Gasteiger partial charge in [-0.15, -0.1) is 24.0 Å². The van der Waals surface area contributed by atoms with Crippen LogP contribution in [0.1, 0.15) is 30.5 Å². The van der Waals surface area contributed by atoms with E-state index in [1.54, 1.807) is 7.05 Å². The Kier molecular flexibility index (Phi) is 10.3. The number of aromatic nitrogens is 1. The van der Waals surface area contributed by atoms with Gasteiger partial charge in [-0.2, -0.15) is 0 Å². The molecule has 3 rings (SSSR count). The van der Waals surface area contributed by atoms with Crippen molar-refractivity contribution in [2.45, 2.75) is 40.0 Å². The maximum atomic E-state index is 5.76. The zero-order valence-corrected chi connectivity index (χ0v) is 21.2. The summed E-state index contributed by atoms with van der Waals surface area (Å²) in [6, 6.07) is 10.4. The van der Waals surface area contributed by atoms with Crippen molar-refractivity contribution >= 4 is 35.8 Å². The van der Waals surface area contributed by atoms with Crippen molar-refractivity contribution in [3.05, 3.63) is 53.2 Å². The predicted octanol–water partition coefficient (Wildman–Crippen LogP) is 3.50. The van der Waals surface area contributed by atoms with E-state index in [0.717, 1.165) is 48.4 Å². The summed E-state index contributed by atoms with van der Waals surface area (Å²) in [5, 5.41) is 6.71. The lowest BCUT2D eigenvalue weighted by molar-refractivity contribution is 0.0529. The third kappa shape index (κ3) is 7.53. The summed E-state index contributed by atoms with van der Waals surface area (Å²) in [4.78, 5) is 11.2. The van der Waals surface area contributed by atoms with Gasteiger partial charge < -0.3 is 25.0 Å². The quantitative estimate of drug-likeness (QED) is 0.319. The zero-order chi connectivity index (χ0) is 21.3. The van der Waals surface area contributed by atoms with Crippen LogP contribution < -0.4 is 20.3 Å². The Morgan fingerprint density at radius 1 is 1.26 bits per heavy atom. The Bertz CT molecular complexity index is 844. The van der Waals surface area contributed by atoms with Gasteiger partial charge in [-0.1, -0.05) is 18.2 Å². The summed E-state index contributed by atoms with van der Waals surface area (Å²) in [6.07, 6.45) is 2.16. The predicted molar refractivity (Wildman–Crippen MR) is 137 cm³/mol. The summed E-state index contributed by atoms with van der Waals surface area (Å²) in [5.74, 6) is 2.65. The van der Waals surface area contributed by atoms with Gasteiger partial charge in [0.15, 0.2) is 5.96 Å². The highest BCUT2D eigenvalue weighted by atomic mass is 127. The van der Waals surface area contributed by atoms with Crippen molar-refractivity contribution in [2.24, 2.45) is 4.99 Å². The second-order valence-electron chi connectivity index (χ2n) is 7.48. The van der Waals surface area contributed by atoms with Gasteiger partial charge in [0.2, 0.25) is 0 Å². The van der Waals surface area contributed by atoms with E-state index in [9.17, 15) is 0 Å². The van der Waals surface area contributed by atoms with Crippen molar-refractivity contribution < 1.29 is 9.47 Å². The molecule has 7 nitrogen and oxygen atoms in total. The molecule has 0 radical (unpaired) electrons. The van der Waals surface area contributed by atoms with Crippen LogP contribution in [-0.2, 0) is 17.8 Å². The fraction of sp³-hybridized carbons (Fsp3) is 0.478. The third-order valence-electron chi connectivity index (χ3n) is 5.03. The largest absolute Gasteiger partial charge is 0.494 e. The monoisotopic (exact) mass is 539 g/mol. The molecule has 1 aliphatic rings. The van der Waals surface area contributed by atoms with E-state index in [1.165, 1.54) is 5.56 Å². The molecule has 1 fully saturated rings. The van der Waals surface area contributed by atoms with Crippen LogP contribution in [-0.4, -0.2) is 50.4 Å². The Hall–Kier alpha value is -2.07. The number of benzene rings is 1. The second kappa shape index (κ2) is 12.7. The molecule has 0 aliphatic carbocycles. The van der Waals surface area contributed by atoms with Gasteiger partial charge >= 0.3 is 0 Å². The second-order valence-corrected chi connectivity index (χ2v) is 7.48. The molecule has 2 aromatic rings. The van der Waals surface area contributed by atoms with Crippen LogP contribution in [0.5, 0.6) is 5.75 Å². The minimum Gasteiger partial charge on any atom is -0.494 e. The summed E-state index contributed by atoms with van der Waals surface area (Å²) in [6.45, 7) is 10.6. The molecule has 0 bridgehead atoms. The average molecular weight is 539 g/mol. The van der Waals surface area contributed by atoms with Crippen LogP contribution in [0.2, 0.25) is 0 Å². The first kappa shape index (κ1) is 25.2. The van der Waals surface area contributed by atoms with E-state index in [4.69, 9.17) is 9.47 Å². The molecule has 0 saturated carbocycles. The lowest BCUT2D eigenvalue weighted by Gasteiger charge is -2.32. The molecule has 1 aliphatic heterocycles. The van der Waals surface area contributed by atoms with Gasteiger partial charge in [0.1, 0.15) is 11.6 Å². The molecule has 2 N–H and O–H groups in total. The first-order chi connectivity index (χ1) is 14.6. The maximum absolute atomic E-state index is 5.76. The molecule has 1 saturated heterocycles. The minimum atomic E-state index is 0. The Labute approximate surface area is 202 Å². The van der Waals surface area contributed by atoms with E-state index in [-0.39, 0.29) is 30.1 Å². The SMILES string of the molecule is CCOc1cc(C)ccc1CNC(=NC)NCc1ccc(N2CCOC(C)C2)nc1.I. The van der Waals surface area contributed by atoms with E-state index in [1.807, 2.05) is 13.1 Å². The highest BCUT2D eigenvalue weighted by Crippen LogP contribution is 2.20. The molecule has 1 unspecified atom stereocenters. The van der Waals surface area contributed by atoms with Crippen molar-refractivity contribution in [3.63, 3.8) is 0 Å². The summed E-state index contributed by atoms with van der Waals surface area (Å²) >= 11 is 0. The maximum Gasteiger partial charge on any atom is 0.191 e.